The summed E-state index contributed by atoms with van der Waals surface area (Å²) in [6, 6.07) is 11.9. The van der Waals surface area contributed by atoms with E-state index in [1.165, 1.54) is 29.7 Å². The van der Waals surface area contributed by atoms with Crippen LogP contribution in [0.3, 0.4) is 0 Å². The lowest BCUT2D eigenvalue weighted by Crippen LogP contribution is -2.33. The summed E-state index contributed by atoms with van der Waals surface area (Å²) in [4.78, 5) is 15.2. The molecule has 0 aliphatic heterocycles. The molecule has 9 heteroatoms. The minimum Gasteiger partial charge on any atom is -0.467 e. The van der Waals surface area contributed by atoms with Gasteiger partial charge < -0.3 is 19.4 Å². The number of urea groups is 1. The van der Waals surface area contributed by atoms with Gasteiger partial charge in [-0.3, -0.25) is 0 Å². The molecule has 142 valence electrons. The van der Waals surface area contributed by atoms with E-state index >= 15 is 0 Å². The largest absolute Gasteiger partial charge is 0.573 e. The molecule has 27 heavy (non-hydrogen) atoms. The lowest BCUT2D eigenvalue weighted by molar-refractivity contribution is -0.274. The molecule has 0 saturated carbocycles. The van der Waals surface area contributed by atoms with E-state index in [4.69, 9.17) is 4.42 Å². The molecule has 0 radical (unpaired) electrons. The number of rotatable bonds is 6. The van der Waals surface area contributed by atoms with E-state index in [9.17, 15) is 18.0 Å². The molecule has 1 N–H and O–H groups in total. The van der Waals surface area contributed by atoms with Crippen LogP contribution in [-0.2, 0) is 13.1 Å². The van der Waals surface area contributed by atoms with Crippen LogP contribution in [0.4, 0.5) is 23.7 Å². The summed E-state index contributed by atoms with van der Waals surface area (Å²) in [6.45, 7) is 0.630. The third-order valence-electron chi connectivity index (χ3n) is 3.48. The summed E-state index contributed by atoms with van der Waals surface area (Å²) in [5, 5.41) is 4.58. The molecule has 0 aliphatic carbocycles. The first-order valence-corrected chi connectivity index (χ1v) is 8.73. The number of carbonyl (C=O) groups excluding carboxylic acids is 1. The lowest BCUT2D eigenvalue weighted by Gasteiger charge is -2.21. The van der Waals surface area contributed by atoms with Crippen LogP contribution in [0, 0.1) is 0 Å². The van der Waals surface area contributed by atoms with Crippen molar-refractivity contribution in [3.8, 4) is 5.75 Å². The van der Waals surface area contributed by atoms with Gasteiger partial charge in [0.25, 0.3) is 0 Å². The van der Waals surface area contributed by atoms with Gasteiger partial charge in [0, 0.05) is 10.6 Å². The molecule has 2 aromatic heterocycles. The summed E-state index contributed by atoms with van der Waals surface area (Å²) in [6.07, 6.45) is -3.23. The molecule has 2 heterocycles. The van der Waals surface area contributed by atoms with Crippen molar-refractivity contribution in [3.63, 3.8) is 0 Å². The van der Waals surface area contributed by atoms with Crippen molar-refractivity contribution in [2.45, 2.75) is 19.5 Å². The Hall–Kier alpha value is -2.94. The van der Waals surface area contributed by atoms with E-state index in [0.29, 0.717) is 18.0 Å². The number of halogens is 3. The molecule has 0 spiro atoms. The molecular weight excluding hydrogens is 381 g/mol. The molecule has 2 amide bonds. The highest BCUT2D eigenvalue weighted by molar-refractivity contribution is 7.09. The fourth-order valence-electron chi connectivity index (χ4n) is 2.32. The number of hydrogen-bond donors (Lipinski definition) is 1. The molecule has 3 rings (SSSR count). The highest BCUT2D eigenvalue weighted by Crippen LogP contribution is 2.24. The first-order chi connectivity index (χ1) is 12.9. The minimum atomic E-state index is -4.76. The van der Waals surface area contributed by atoms with Gasteiger partial charge in [-0.05, 0) is 47.8 Å². The zero-order chi connectivity index (χ0) is 19.3. The summed E-state index contributed by atoms with van der Waals surface area (Å²) in [5.41, 5.74) is 0.352. The summed E-state index contributed by atoms with van der Waals surface area (Å²) in [7, 11) is 0. The first-order valence-electron chi connectivity index (χ1n) is 7.85. The second kappa shape index (κ2) is 8.17. The maximum absolute atomic E-state index is 12.6. The Balaban J connectivity index is 1.68. The van der Waals surface area contributed by atoms with Crippen molar-refractivity contribution in [2.75, 3.05) is 5.32 Å². The Labute approximate surface area is 157 Å². The van der Waals surface area contributed by atoms with E-state index in [2.05, 4.69) is 10.1 Å². The van der Waals surface area contributed by atoms with Crippen molar-refractivity contribution in [3.05, 3.63) is 70.8 Å². The van der Waals surface area contributed by atoms with Crippen molar-refractivity contribution in [2.24, 2.45) is 0 Å². The van der Waals surface area contributed by atoms with E-state index in [0.717, 1.165) is 17.0 Å². The van der Waals surface area contributed by atoms with Gasteiger partial charge in [-0.25, -0.2) is 4.79 Å². The average Bonchev–Trinajstić information content (AvgIpc) is 3.28. The number of anilines is 1. The van der Waals surface area contributed by atoms with Gasteiger partial charge in [-0.15, -0.1) is 24.5 Å². The number of nitrogens with zero attached hydrogens (tertiary/aromatic N) is 1. The zero-order valence-corrected chi connectivity index (χ0v) is 14.7. The second-order valence-corrected chi connectivity index (χ2v) is 6.55. The van der Waals surface area contributed by atoms with Crippen LogP contribution in [0.2, 0.25) is 0 Å². The predicted octanol–water partition coefficient (Wildman–Crippen LogP) is 5.47. The van der Waals surface area contributed by atoms with Crippen LogP contribution >= 0.6 is 11.3 Å². The second-order valence-electron chi connectivity index (χ2n) is 5.52. The Bertz CT molecular complexity index is 811. The first kappa shape index (κ1) is 18.8. The van der Waals surface area contributed by atoms with Gasteiger partial charge in [-0.1, -0.05) is 6.07 Å². The quantitative estimate of drug-likeness (QED) is 0.601. The van der Waals surface area contributed by atoms with E-state index < -0.39 is 12.4 Å². The molecule has 0 unspecified atom stereocenters. The third-order valence-corrected chi connectivity index (χ3v) is 4.34. The van der Waals surface area contributed by atoms with Gasteiger partial charge in [0.15, 0.2) is 0 Å². The Morgan fingerprint density at radius 1 is 1.11 bits per heavy atom. The third kappa shape index (κ3) is 5.78. The highest BCUT2D eigenvalue weighted by atomic mass is 32.1. The average molecular weight is 396 g/mol. The van der Waals surface area contributed by atoms with Gasteiger partial charge in [0.1, 0.15) is 11.5 Å². The van der Waals surface area contributed by atoms with E-state index in [-0.39, 0.29) is 12.3 Å². The van der Waals surface area contributed by atoms with Gasteiger partial charge >= 0.3 is 12.4 Å². The molecule has 0 atom stereocenters. The topological polar surface area (TPSA) is 54.7 Å². The van der Waals surface area contributed by atoms with Gasteiger partial charge in [-0.2, -0.15) is 0 Å². The fourth-order valence-corrected chi connectivity index (χ4v) is 3.04. The van der Waals surface area contributed by atoms with Crippen LogP contribution < -0.4 is 10.1 Å². The Morgan fingerprint density at radius 2 is 1.89 bits per heavy atom. The number of carbonyl (C=O) groups is 1. The molecule has 0 fully saturated rings. The summed E-state index contributed by atoms with van der Waals surface area (Å²) in [5.74, 6) is 0.266. The van der Waals surface area contributed by atoms with E-state index in [1.54, 1.807) is 17.0 Å². The Morgan fingerprint density at radius 3 is 2.48 bits per heavy atom. The number of furan rings is 1. The fraction of sp³-hybridized carbons (Fsp3) is 0.167. The van der Waals surface area contributed by atoms with Crippen LogP contribution in [0.25, 0.3) is 0 Å². The predicted molar refractivity (Wildman–Crippen MR) is 94.4 cm³/mol. The monoisotopic (exact) mass is 396 g/mol. The number of ether oxygens (including phenoxy) is 1. The van der Waals surface area contributed by atoms with Crippen LogP contribution in [0.1, 0.15) is 10.6 Å². The maximum atomic E-state index is 12.6. The highest BCUT2D eigenvalue weighted by Gasteiger charge is 2.31. The number of hydrogen-bond acceptors (Lipinski definition) is 4. The molecule has 0 saturated heterocycles. The molecule has 1 aromatic carbocycles. The van der Waals surface area contributed by atoms with Crippen molar-refractivity contribution >= 4 is 23.1 Å². The van der Waals surface area contributed by atoms with Crippen LogP contribution in [0.5, 0.6) is 5.75 Å². The molecule has 5 nitrogen and oxygen atoms in total. The summed E-state index contributed by atoms with van der Waals surface area (Å²) >= 11 is 1.52. The number of alkyl halides is 3. The number of amides is 2. The molecule has 0 aliphatic rings. The smallest absolute Gasteiger partial charge is 0.467 e. The molecule has 0 bridgehead atoms. The van der Waals surface area contributed by atoms with Gasteiger partial charge in [0.2, 0.25) is 0 Å². The van der Waals surface area contributed by atoms with Crippen LogP contribution in [0.15, 0.2) is 64.6 Å². The minimum absolute atomic E-state index is 0.256. The lowest BCUT2D eigenvalue weighted by atomic mass is 10.3. The molecule has 3 aromatic rings. The van der Waals surface area contributed by atoms with Gasteiger partial charge in [0.05, 0.1) is 19.4 Å². The molecular formula is C18H15F3N2O3S. The SMILES string of the molecule is O=C(Nc1ccc(OC(F)(F)F)cc1)N(Cc1ccco1)Cc1cccs1. The standard InChI is InChI=1S/C18H15F3N2O3S/c19-18(20,21)26-14-7-5-13(6-8-14)22-17(24)23(11-15-3-1-9-25-15)12-16-4-2-10-27-16/h1-10H,11-12H2,(H,22,24). The summed E-state index contributed by atoms with van der Waals surface area (Å²) < 4.78 is 45.8. The van der Waals surface area contributed by atoms with Crippen molar-refractivity contribution in [1.29, 1.82) is 0 Å². The Kier molecular flexibility index (Phi) is 5.70. The number of thiophene rings is 1. The van der Waals surface area contributed by atoms with Crippen molar-refractivity contribution < 1.29 is 27.1 Å². The maximum Gasteiger partial charge on any atom is 0.573 e. The normalized spacial score (nSPS) is 11.2. The van der Waals surface area contributed by atoms with Crippen LogP contribution in [-0.4, -0.2) is 17.3 Å². The van der Waals surface area contributed by atoms with Crippen molar-refractivity contribution in [1.82, 2.24) is 4.90 Å². The number of benzene rings is 1. The number of nitrogens with one attached hydrogen (secondary N) is 1. The zero-order valence-electron chi connectivity index (χ0n) is 13.9. The van der Waals surface area contributed by atoms with E-state index in [1.807, 2.05) is 17.5 Å².